The van der Waals surface area contributed by atoms with E-state index in [9.17, 15) is 9.90 Å². The van der Waals surface area contributed by atoms with Crippen molar-refractivity contribution in [1.29, 1.82) is 0 Å². The molecule has 0 radical (unpaired) electrons. The SMILES string of the molecule is COc1cc([C@@H]2c3cc4c(cc3[C@@H]([n+]3c(C)c(C)nc(C)c3C)[C@H]3COC(=O)[C@H]23)OCO4)cc(OC)c1O.O=P([O-])(O)O. The van der Waals surface area contributed by atoms with Crippen molar-refractivity contribution < 1.29 is 57.4 Å². The quantitative estimate of drug-likeness (QED) is 0.221. The molecule has 0 amide bonds. The lowest BCUT2D eigenvalue weighted by atomic mass is 9.65. The Morgan fingerprint density at radius 1 is 0.930 bits per heavy atom. The van der Waals surface area contributed by atoms with Gasteiger partial charge in [0.15, 0.2) is 40.4 Å². The van der Waals surface area contributed by atoms with E-state index in [2.05, 4.69) is 18.4 Å². The number of aryl methyl sites for hydroxylation is 2. The molecule has 6 rings (SSSR count). The van der Waals surface area contributed by atoms with E-state index in [0.717, 1.165) is 39.5 Å². The number of nitrogens with zero attached hydrogens (tertiary/aromatic N) is 2. The molecule has 3 aliphatic rings. The van der Waals surface area contributed by atoms with Crippen LogP contribution in [0.1, 0.15) is 51.4 Å². The number of benzene rings is 2. The minimum absolute atomic E-state index is 0.0894. The summed E-state index contributed by atoms with van der Waals surface area (Å²) >= 11 is 0. The minimum Gasteiger partial charge on any atom is -0.756 e. The monoisotopic (exact) mass is 616 g/mol. The van der Waals surface area contributed by atoms with E-state index in [4.69, 9.17) is 47.9 Å². The van der Waals surface area contributed by atoms with Crippen LogP contribution in [0.5, 0.6) is 28.7 Å². The molecule has 0 spiro atoms. The van der Waals surface area contributed by atoms with Crippen molar-refractivity contribution >= 4 is 13.8 Å². The average Bonchev–Trinajstić information content (AvgIpc) is 3.56. The maximum atomic E-state index is 13.5. The third-order valence-corrected chi connectivity index (χ3v) is 8.39. The van der Waals surface area contributed by atoms with Crippen LogP contribution in [0.25, 0.3) is 0 Å². The number of phenols is 1. The van der Waals surface area contributed by atoms with Gasteiger partial charge in [0, 0.05) is 25.3 Å². The van der Waals surface area contributed by atoms with Gasteiger partial charge in [-0.15, -0.1) is 0 Å². The zero-order valence-electron chi connectivity index (χ0n) is 24.5. The highest BCUT2D eigenvalue weighted by atomic mass is 31.2. The fourth-order valence-electron chi connectivity index (χ4n) is 6.39. The summed E-state index contributed by atoms with van der Waals surface area (Å²) in [6.07, 6.45) is 0. The number of hydrogen-bond donors (Lipinski definition) is 3. The third kappa shape index (κ3) is 5.49. The molecule has 0 saturated carbocycles. The molecule has 1 aromatic heterocycles. The van der Waals surface area contributed by atoms with Crippen molar-refractivity contribution in [2.45, 2.75) is 39.7 Å². The number of methoxy groups -OCH3 is 2. The first kappa shape index (κ1) is 30.6. The fraction of sp³-hybridized carbons (Fsp3) is 0.414. The van der Waals surface area contributed by atoms with Crippen molar-refractivity contribution in [2.24, 2.45) is 11.8 Å². The molecule has 0 unspecified atom stereocenters. The van der Waals surface area contributed by atoms with Crippen LogP contribution in [-0.2, 0) is 14.1 Å². The van der Waals surface area contributed by atoms with E-state index < -0.39 is 13.7 Å². The Kier molecular flexibility index (Phi) is 8.03. The number of cyclic esters (lactones) is 1. The van der Waals surface area contributed by atoms with Crippen molar-refractivity contribution in [3.8, 4) is 28.7 Å². The van der Waals surface area contributed by atoms with Crippen molar-refractivity contribution in [3.05, 3.63) is 63.7 Å². The lowest BCUT2D eigenvalue weighted by molar-refractivity contribution is -0.734. The third-order valence-electron chi connectivity index (χ3n) is 8.39. The van der Waals surface area contributed by atoms with Gasteiger partial charge in [0.25, 0.3) is 7.82 Å². The minimum atomic E-state index is -4.89. The summed E-state index contributed by atoms with van der Waals surface area (Å²) in [5.41, 5.74) is 6.69. The summed E-state index contributed by atoms with van der Waals surface area (Å²) in [6.45, 7) is 8.57. The molecule has 3 aromatic rings. The standard InChI is InChI=1S/C29H30N2O7.H3O4P/c1-13-15(3)31(16(4)14(2)30-13)27-19-10-22-21(37-12-38-22)9-18(19)25(26-20(27)11-36-29(26)33)17-7-23(34-5)28(32)24(8-17)35-6;1-5(2,3)4/h7-10,20,25-27H,11-12H2,1-6H3;(H3,1,2,3,4)/t20-,25+,26-,27+;/m0./s1. The number of fused-ring (bicyclic) bond motifs is 3. The van der Waals surface area contributed by atoms with Gasteiger partial charge in [-0.3, -0.25) is 9.36 Å². The van der Waals surface area contributed by atoms with E-state index in [1.807, 2.05) is 26.0 Å². The predicted molar refractivity (Wildman–Crippen MR) is 147 cm³/mol. The maximum Gasteiger partial charge on any atom is 0.310 e. The predicted octanol–water partition coefficient (Wildman–Crippen LogP) is 2.02. The molecule has 4 atom stereocenters. The van der Waals surface area contributed by atoms with E-state index in [1.165, 1.54) is 14.2 Å². The average molecular weight is 617 g/mol. The van der Waals surface area contributed by atoms with E-state index in [0.29, 0.717) is 11.5 Å². The number of esters is 1. The van der Waals surface area contributed by atoms with Gasteiger partial charge < -0.3 is 43.5 Å². The Morgan fingerprint density at radius 2 is 1.44 bits per heavy atom. The van der Waals surface area contributed by atoms with Gasteiger partial charge in [0.2, 0.25) is 12.5 Å². The molecule has 230 valence electrons. The van der Waals surface area contributed by atoms with Gasteiger partial charge in [-0.05, 0) is 49.2 Å². The number of carbonyl (C=O) groups is 1. The Labute approximate surface area is 247 Å². The molecular weight excluding hydrogens is 583 g/mol. The number of rotatable bonds is 4. The fourth-order valence-corrected chi connectivity index (χ4v) is 6.39. The molecule has 43 heavy (non-hydrogen) atoms. The molecule has 2 aliphatic heterocycles. The van der Waals surface area contributed by atoms with E-state index in [-0.39, 0.29) is 54.5 Å². The molecule has 1 aliphatic carbocycles. The second-order valence-electron chi connectivity index (χ2n) is 10.7. The molecule has 1 fully saturated rings. The Balaban J connectivity index is 0.000000682. The normalized spacial score (nSPS) is 21.7. The van der Waals surface area contributed by atoms with Crippen LogP contribution in [0.4, 0.5) is 0 Å². The van der Waals surface area contributed by atoms with Gasteiger partial charge in [-0.2, -0.15) is 4.57 Å². The number of phosphoric acid groups is 1. The van der Waals surface area contributed by atoms with Crippen molar-refractivity contribution in [3.63, 3.8) is 0 Å². The summed E-state index contributed by atoms with van der Waals surface area (Å²) in [5.74, 6) is 0.490. The van der Waals surface area contributed by atoms with Crippen LogP contribution in [0, 0.1) is 39.5 Å². The summed E-state index contributed by atoms with van der Waals surface area (Å²) in [5, 5.41) is 10.6. The van der Waals surface area contributed by atoms with Crippen molar-refractivity contribution in [2.75, 3.05) is 27.6 Å². The summed E-state index contributed by atoms with van der Waals surface area (Å²) in [6, 6.07) is 7.37. The second kappa shape index (κ2) is 11.3. The summed E-state index contributed by atoms with van der Waals surface area (Å²) < 4.78 is 39.4. The number of carbonyl (C=O) groups excluding carboxylic acids is 1. The van der Waals surface area contributed by atoms with Gasteiger partial charge in [-0.25, -0.2) is 4.98 Å². The lowest BCUT2D eigenvalue weighted by Gasteiger charge is -2.37. The van der Waals surface area contributed by atoms with E-state index in [1.54, 1.807) is 12.1 Å². The molecular formula is C29H33N2O11P. The van der Waals surface area contributed by atoms with Crippen molar-refractivity contribution in [1.82, 2.24) is 4.98 Å². The van der Waals surface area contributed by atoms with Crippen LogP contribution in [0.15, 0.2) is 24.3 Å². The first-order valence-corrected chi connectivity index (χ1v) is 15.0. The summed E-state index contributed by atoms with van der Waals surface area (Å²) in [4.78, 5) is 41.1. The van der Waals surface area contributed by atoms with E-state index >= 15 is 0 Å². The highest BCUT2D eigenvalue weighted by Gasteiger charge is 2.57. The zero-order valence-corrected chi connectivity index (χ0v) is 25.4. The van der Waals surface area contributed by atoms with Crippen LogP contribution >= 0.6 is 7.82 Å². The molecule has 0 bridgehead atoms. The second-order valence-corrected chi connectivity index (χ2v) is 11.6. The molecule has 1 saturated heterocycles. The van der Waals surface area contributed by atoms with Gasteiger partial charge in [-0.1, -0.05) is 0 Å². The number of ether oxygens (including phenoxy) is 5. The Hall–Kier alpha value is -3.90. The molecule has 14 heteroatoms. The largest absolute Gasteiger partial charge is 0.756 e. The smallest absolute Gasteiger partial charge is 0.310 e. The molecule has 3 N–H and O–H groups in total. The molecule has 3 heterocycles. The number of aromatic hydroxyl groups is 1. The maximum absolute atomic E-state index is 13.5. The molecule has 2 aromatic carbocycles. The first-order chi connectivity index (χ1) is 20.2. The van der Waals surface area contributed by atoms with Gasteiger partial charge in [0.05, 0.1) is 26.1 Å². The topological polar surface area (TPSA) is 181 Å². The van der Waals surface area contributed by atoms with Crippen LogP contribution in [0.2, 0.25) is 0 Å². The van der Waals surface area contributed by atoms with Crippen LogP contribution in [0.3, 0.4) is 0 Å². The Bertz CT molecular complexity index is 1590. The summed E-state index contributed by atoms with van der Waals surface area (Å²) in [7, 11) is -1.91. The van der Waals surface area contributed by atoms with Crippen LogP contribution < -0.4 is 28.4 Å². The first-order valence-electron chi connectivity index (χ1n) is 13.4. The number of phenolic OH excluding ortho intramolecular Hbond substituents is 1. The Morgan fingerprint density at radius 3 is 1.95 bits per heavy atom. The molecule has 13 nitrogen and oxygen atoms in total. The highest BCUT2D eigenvalue weighted by molar-refractivity contribution is 7.43. The van der Waals surface area contributed by atoms with Gasteiger partial charge in [0.1, 0.15) is 18.0 Å². The number of hydrogen-bond acceptors (Lipinski definition) is 10. The van der Waals surface area contributed by atoms with Crippen LogP contribution in [-0.4, -0.2) is 53.5 Å². The highest BCUT2D eigenvalue weighted by Crippen LogP contribution is 2.55. The van der Waals surface area contributed by atoms with Gasteiger partial charge >= 0.3 is 5.97 Å². The number of aromatic nitrogens is 2. The lowest BCUT2D eigenvalue weighted by Crippen LogP contribution is -2.54. The zero-order chi connectivity index (χ0) is 31.4.